The third-order valence-corrected chi connectivity index (χ3v) is 5.81. The Bertz CT molecular complexity index is 865. The number of anilines is 1. The summed E-state index contributed by atoms with van der Waals surface area (Å²) in [6.07, 6.45) is -0.919. The molecule has 1 atom stereocenters. The zero-order chi connectivity index (χ0) is 19.9. The highest BCUT2D eigenvalue weighted by molar-refractivity contribution is 7.89. The number of sulfonamides is 1. The van der Waals surface area contributed by atoms with Crippen molar-refractivity contribution in [2.75, 3.05) is 18.5 Å². The van der Waals surface area contributed by atoms with Gasteiger partial charge in [0, 0.05) is 7.05 Å². The maximum atomic E-state index is 12.6. The van der Waals surface area contributed by atoms with Gasteiger partial charge in [0.1, 0.15) is 11.4 Å². The molecule has 3 N–H and O–H groups in total. The van der Waals surface area contributed by atoms with Crippen molar-refractivity contribution in [1.82, 2.24) is 14.6 Å². The zero-order valence-corrected chi connectivity index (χ0v) is 16.8. The first-order chi connectivity index (χ1) is 11.7. The molecule has 0 aliphatic carbocycles. The predicted molar refractivity (Wildman–Crippen MR) is 99.4 cm³/mol. The van der Waals surface area contributed by atoms with Gasteiger partial charge in [-0.15, -0.1) is 4.99 Å². The Kier molecular flexibility index (Phi) is 5.13. The van der Waals surface area contributed by atoms with Gasteiger partial charge in [0.15, 0.2) is 0 Å². The summed E-state index contributed by atoms with van der Waals surface area (Å²) in [6.45, 7) is 6.64. The average Bonchev–Trinajstić information content (AvgIpc) is 2.44. The number of nitrogen functional groups attached to an aromatic ring is 1. The molecule has 0 bridgehead atoms. The van der Waals surface area contributed by atoms with Crippen LogP contribution in [0.3, 0.4) is 0 Å². The number of nitrogens with zero attached hydrogens (tertiary/aromatic N) is 3. The van der Waals surface area contributed by atoms with E-state index in [1.165, 1.54) is 19.2 Å². The number of hydrogen-bond donors (Lipinski definition) is 2. The molecule has 2 heterocycles. The van der Waals surface area contributed by atoms with Gasteiger partial charge in [0.25, 0.3) is 0 Å². The van der Waals surface area contributed by atoms with Crippen LogP contribution in [-0.2, 0) is 20.3 Å². The molecule has 144 valence electrons. The van der Waals surface area contributed by atoms with E-state index in [1.54, 1.807) is 27.7 Å². The van der Waals surface area contributed by atoms with Crippen LogP contribution in [0.25, 0.3) is 0 Å². The van der Waals surface area contributed by atoms with Crippen LogP contribution in [0.2, 0.25) is 5.02 Å². The third-order valence-electron chi connectivity index (χ3n) is 3.56. The van der Waals surface area contributed by atoms with E-state index >= 15 is 0 Å². The highest BCUT2D eigenvalue weighted by Gasteiger charge is 2.45. The average molecular weight is 404 g/mol. The van der Waals surface area contributed by atoms with Crippen molar-refractivity contribution in [1.29, 1.82) is 0 Å². The first-order valence-corrected chi connectivity index (χ1v) is 9.71. The van der Waals surface area contributed by atoms with Gasteiger partial charge in [-0.1, -0.05) is 11.6 Å². The Hall–Kier alpha value is -2.07. The molecule has 0 saturated carbocycles. The number of guanidine groups is 1. The first kappa shape index (κ1) is 20.2. The number of nitrogens with one attached hydrogen (secondary N) is 1. The van der Waals surface area contributed by atoms with E-state index in [4.69, 9.17) is 22.1 Å². The van der Waals surface area contributed by atoms with Gasteiger partial charge >= 0.3 is 6.09 Å². The summed E-state index contributed by atoms with van der Waals surface area (Å²) in [6, 6.07) is 3.04. The molecule has 1 fully saturated rings. The van der Waals surface area contributed by atoms with Crippen molar-refractivity contribution in [2.24, 2.45) is 4.99 Å². The van der Waals surface area contributed by atoms with Gasteiger partial charge in [-0.2, -0.15) is 0 Å². The van der Waals surface area contributed by atoms with Crippen LogP contribution in [0, 0.1) is 0 Å². The highest BCUT2D eigenvalue weighted by Crippen LogP contribution is 2.32. The third kappa shape index (κ3) is 4.36. The molecule has 1 aliphatic heterocycles. The SMILES string of the molecule is CN1/C(=N/C(=O)OC(C)(C)C)N[C@](C)(c2nc(N)ccc2Cl)CS1(=O)=O. The van der Waals surface area contributed by atoms with Gasteiger partial charge in [-0.05, 0) is 39.8 Å². The number of aromatic nitrogens is 1. The van der Waals surface area contributed by atoms with Crippen LogP contribution >= 0.6 is 11.6 Å². The zero-order valence-electron chi connectivity index (χ0n) is 15.2. The fourth-order valence-corrected chi connectivity index (χ4v) is 4.19. The number of aliphatic imine (C=N–C) groups is 1. The highest BCUT2D eigenvalue weighted by atomic mass is 35.5. The van der Waals surface area contributed by atoms with Crippen molar-refractivity contribution >= 4 is 39.5 Å². The van der Waals surface area contributed by atoms with E-state index < -0.39 is 27.3 Å². The van der Waals surface area contributed by atoms with Crippen molar-refractivity contribution in [3.05, 3.63) is 22.8 Å². The minimum absolute atomic E-state index is 0.187. The molecule has 1 aromatic heterocycles. The maximum absolute atomic E-state index is 12.6. The smallest absolute Gasteiger partial charge is 0.437 e. The van der Waals surface area contributed by atoms with Crippen LogP contribution in [0.15, 0.2) is 17.1 Å². The molecule has 1 aliphatic rings. The topological polar surface area (TPSA) is 127 Å². The molecule has 1 amide bonds. The second-order valence-corrected chi connectivity index (χ2v) is 9.57. The molecule has 26 heavy (non-hydrogen) atoms. The minimum atomic E-state index is -3.79. The predicted octanol–water partition coefficient (Wildman–Crippen LogP) is 1.69. The van der Waals surface area contributed by atoms with Gasteiger partial charge in [0.2, 0.25) is 16.0 Å². The molecule has 2 rings (SSSR count). The molecule has 9 nitrogen and oxygen atoms in total. The van der Waals surface area contributed by atoms with Gasteiger partial charge in [-0.3, -0.25) is 0 Å². The van der Waals surface area contributed by atoms with E-state index in [-0.39, 0.29) is 28.2 Å². The number of hydrogen-bond acceptors (Lipinski definition) is 6. The lowest BCUT2D eigenvalue weighted by Gasteiger charge is -2.40. The van der Waals surface area contributed by atoms with E-state index in [0.29, 0.717) is 0 Å². The fourth-order valence-electron chi connectivity index (χ4n) is 2.40. The number of ether oxygens (including phenoxy) is 1. The number of rotatable bonds is 1. The Balaban J connectivity index is 2.49. The van der Waals surface area contributed by atoms with Gasteiger partial charge in [0.05, 0.1) is 22.0 Å². The van der Waals surface area contributed by atoms with Crippen molar-refractivity contribution in [2.45, 2.75) is 38.8 Å². The largest absolute Gasteiger partial charge is 0.442 e. The number of halogens is 1. The monoisotopic (exact) mass is 403 g/mol. The molecule has 11 heteroatoms. The molecule has 0 unspecified atom stereocenters. The second kappa shape index (κ2) is 6.58. The molecule has 1 saturated heterocycles. The number of carbonyl (C=O) groups excluding carboxylic acids is 1. The number of pyridine rings is 1. The van der Waals surface area contributed by atoms with E-state index in [9.17, 15) is 13.2 Å². The maximum Gasteiger partial charge on any atom is 0.437 e. The summed E-state index contributed by atoms with van der Waals surface area (Å²) < 4.78 is 31.2. The quantitative estimate of drug-likeness (QED) is 0.730. The van der Waals surface area contributed by atoms with Crippen molar-refractivity contribution in [3.63, 3.8) is 0 Å². The Morgan fingerprint density at radius 1 is 1.46 bits per heavy atom. The van der Waals surface area contributed by atoms with Crippen LogP contribution in [0.4, 0.5) is 10.6 Å². The van der Waals surface area contributed by atoms with E-state index in [1.807, 2.05) is 0 Å². The minimum Gasteiger partial charge on any atom is -0.442 e. The summed E-state index contributed by atoms with van der Waals surface area (Å²) in [4.78, 5) is 19.9. The van der Waals surface area contributed by atoms with E-state index in [0.717, 1.165) is 4.31 Å². The summed E-state index contributed by atoms with van der Waals surface area (Å²) >= 11 is 6.19. The summed E-state index contributed by atoms with van der Waals surface area (Å²) in [7, 11) is -2.50. The molecule has 1 aromatic rings. The van der Waals surface area contributed by atoms with Gasteiger partial charge < -0.3 is 15.8 Å². The molecular formula is C15H22ClN5O4S. The first-order valence-electron chi connectivity index (χ1n) is 7.72. The van der Waals surface area contributed by atoms with Crippen molar-refractivity contribution < 1.29 is 17.9 Å². The van der Waals surface area contributed by atoms with Crippen LogP contribution in [-0.4, -0.2) is 48.2 Å². The fraction of sp³-hybridized carbons (Fsp3) is 0.533. The molecule has 0 spiro atoms. The molecule has 0 aromatic carbocycles. The summed E-state index contributed by atoms with van der Waals surface area (Å²) in [5.74, 6) is -0.345. The normalized spacial score (nSPS) is 24.2. The Labute approximate surface area is 157 Å². The second-order valence-electron chi connectivity index (χ2n) is 7.16. The van der Waals surface area contributed by atoms with Gasteiger partial charge in [-0.25, -0.2) is 22.5 Å². The van der Waals surface area contributed by atoms with Crippen LogP contribution in [0.5, 0.6) is 0 Å². The van der Waals surface area contributed by atoms with Crippen LogP contribution in [0.1, 0.15) is 33.4 Å². The lowest BCUT2D eigenvalue weighted by molar-refractivity contribution is 0.0602. The van der Waals surface area contributed by atoms with Crippen molar-refractivity contribution in [3.8, 4) is 0 Å². The number of carbonyl (C=O) groups is 1. The lowest BCUT2D eigenvalue weighted by Crippen LogP contribution is -2.61. The lowest BCUT2D eigenvalue weighted by atomic mass is 9.99. The van der Waals surface area contributed by atoms with Crippen LogP contribution < -0.4 is 11.1 Å². The Morgan fingerprint density at radius 2 is 2.08 bits per heavy atom. The summed E-state index contributed by atoms with van der Waals surface area (Å²) in [5.41, 5.74) is 3.95. The summed E-state index contributed by atoms with van der Waals surface area (Å²) in [5, 5.41) is 3.17. The molecule has 0 radical (unpaired) electrons. The number of amides is 1. The van der Waals surface area contributed by atoms with E-state index in [2.05, 4.69) is 15.3 Å². The Morgan fingerprint density at radius 3 is 2.65 bits per heavy atom. The standard InChI is InChI=1S/C15H22ClN5O4S/c1-14(2,3)25-13(22)19-12-20-15(4,8-26(23,24)21(12)5)11-9(16)6-7-10(17)18-11/h6-7H,8H2,1-5H3,(H2,17,18)(H,19,20,22)/t15-/m0/s1. The number of nitrogens with two attached hydrogens (primary N) is 1. The molecular weight excluding hydrogens is 382 g/mol.